The van der Waals surface area contributed by atoms with Gasteiger partial charge in [0, 0.05) is 5.69 Å². The number of aromatic amines is 1. The van der Waals surface area contributed by atoms with Crippen molar-refractivity contribution < 1.29 is 4.79 Å². The number of thioether (sulfide) groups is 1. The Balaban J connectivity index is 1.68. The van der Waals surface area contributed by atoms with E-state index in [0.717, 1.165) is 23.0 Å². The van der Waals surface area contributed by atoms with Crippen LogP contribution in [0.4, 0.5) is 5.69 Å². The summed E-state index contributed by atoms with van der Waals surface area (Å²) < 4.78 is 1.39. The quantitative estimate of drug-likeness (QED) is 0.696. The van der Waals surface area contributed by atoms with Crippen LogP contribution in [0.3, 0.4) is 0 Å². The molecule has 0 saturated carbocycles. The van der Waals surface area contributed by atoms with Gasteiger partial charge >= 0.3 is 0 Å². The number of aryl methyl sites for hydroxylation is 1. The first-order chi connectivity index (χ1) is 11.0. The lowest BCUT2D eigenvalue weighted by Crippen LogP contribution is -2.15. The molecule has 1 amide bonds. The van der Waals surface area contributed by atoms with Gasteiger partial charge in [0.2, 0.25) is 11.1 Å². The van der Waals surface area contributed by atoms with Crippen LogP contribution >= 0.6 is 11.8 Å². The first kappa shape index (κ1) is 15.2. The third-order valence-corrected chi connectivity index (χ3v) is 4.27. The van der Waals surface area contributed by atoms with Crippen molar-refractivity contribution in [3.8, 4) is 0 Å². The smallest absolute Gasteiger partial charge is 0.271 e. The Labute approximate surface area is 135 Å². The predicted molar refractivity (Wildman–Crippen MR) is 86.7 cm³/mol. The first-order valence-electron chi connectivity index (χ1n) is 6.84. The highest BCUT2D eigenvalue weighted by Gasteiger charge is 2.11. The molecule has 2 heterocycles. The Bertz CT molecular complexity index is 932. The lowest BCUT2D eigenvalue weighted by molar-refractivity contribution is -0.113. The Morgan fingerprint density at radius 1 is 1.35 bits per heavy atom. The number of carbonyl (C=O) groups is 1. The Kier molecular flexibility index (Phi) is 4.11. The van der Waals surface area contributed by atoms with Crippen LogP contribution < -0.4 is 10.9 Å². The average Bonchev–Trinajstić information content (AvgIpc) is 2.92. The predicted octanol–water partition coefficient (Wildman–Crippen LogP) is 1.16. The number of carbonyl (C=O) groups excluding carboxylic acids is 1. The van der Waals surface area contributed by atoms with E-state index in [9.17, 15) is 9.59 Å². The van der Waals surface area contributed by atoms with Crippen molar-refractivity contribution >= 4 is 29.1 Å². The monoisotopic (exact) mass is 330 g/mol. The number of hydrogen-bond acceptors (Lipinski definition) is 6. The highest BCUT2D eigenvalue weighted by atomic mass is 32.2. The molecule has 0 spiro atoms. The fourth-order valence-electron chi connectivity index (χ4n) is 1.99. The maximum absolute atomic E-state index is 12.1. The summed E-state index contributed by atoms with van der Waals surface area (Å²) in [6, 6.07) is 5.76. The summed E-state index contributed by atoms with van der Waals surface area (Å²) in [5.41, 5.74) is 2.60. The molecule has 0 aliphatic heterocycles. The van der Waals surface area contributed by atoms with Crippen molar-refractivity contribution in [2.24, 2.45) is 0 Å². The lowest BCUT2D eigenvalue weighted by Gasteiger charge is -2.09. The van der Waals surface area contributed by atoms with E-state index < -0.39 is 0 Å². The normalized spacial score (nSPS) is 10.9. The number of H-pyrrole nitrogens is 1. The zero-order valence-corrected chi connectivity index (χ0v) is 13.3. The number of benzene rings is 1. The Hall–Kier alpha value is -2.68. The Morgan fingerprint density at radius 3 is 3.00 bits per heavy atom. The van der Waals surface area contributed by atoms with Crippen LogP contribution in [0.25, 0.3) is 5.78 Å². The standard InChI is InChI=1S/C14H14N6O2S/c1-8-4-3-5-10(9(8)2)16-12(22)7-23-14-19-18-13-17-11(21)6-15-20(13)14/h3-6H,7H2,1-2H3,(H,16,22)(H,17,18,21). The SMILES string of the molecule is Cc1cccc(NC(=O)CSc2nnc3[nH]c(=O)cnn23)c1C. The number of rotatable bonds is 4. The van der Waals surface area contributed by atoms with E-state index in [1.165, 1.54) is 16.3 Å². The maximum Gasteiger partial charge on any atom is 0.271 e. The van der Waals surface area contributed by atoms with Crippen LogP contribution in [0.1, 0.15) is 11.1 Å². The number of amides is 1. The fourth-order valence-corrected chi connectivity index (χ4v) is 2.68. The molecule has 0 atom stereocenters. The molecule has 0 saturated heterocycles. The number of nitrogens with zero attached hydrogens (tertiary/aromatic N) is 4. The summed E-state index contributed by atoms with van der Waals surface area (Å²) in [7, 11) is 0. The zero-order chi connectivity index (χ0) is 16.4. The molecule has 2 aromatic heterocycles. The first-order valence-corrected chi connectivity index (χ1v) is 7.83. The summed E-state index contributed by atoms with van der Waals surface area (Å²) in [5.74, 6) is 0.259. The van der Waals surface area contributed by atoms with Crippen molar-refractivity contribution in [3.05, 3.63) is 45.9 Å². The molecule has 23 heavy (non-hydrogen) atoms. The van der Waals surface area contributed by atoms with Crippen molar-refractivity contribution in [2.45, 2.75) is 19.0 Å². The highest BCUT2D eigenvalue weighted by Crippen LogP contribution is 2.19. The van der Waals surface area contributed by atoms with Gasteiger partial charge in [-0.05, 0) is 31.0 Å². The lowest BCUT2D eigenvalue weighted by atomic mass is 10.1. The van der Waals surface area contributed by atoms with Crippen LogP contribution in [0.15, 0.2) is 34.3 Å². The fraction of sp³-hybridized carbons (Fsp3) is 0.214. The zero-order valence-electron chi connectivity index (χ0n) is 12.5. The van der Waals surface area contributed by atoms with Gasteiger partial charge in [0.1, 0.15) is 6.20 Å². The summed E-state index contributed by atoms with van der Waals surface area (Å²) in [6.07, 6.45) is 1.14. The molecule has 2 N–H and O–H groups in total. The van der Waals surface area contributed by atoms with Gasteiger partial charge in [-0.15, -0.1) is 10.2 Å². The summed E-state index contributed by atoms with van der Waals surface area (Å²) >= 11 is 1.19. The molecule has 9 heteroatoms. The molecular weight excluding hydrogens is 316 g/mol. The summed E-state index contributed by atoms with van der Waals surface area (Å²) in [6.45, 7) is 3.96. The largest absolute Gasteiger partial charge is 0.325 e. The molecular formula is C14H14N6O2S. The minimum atomic E-state index is -0.353. The van der Waals surface area contributed by atoms with Gasteiger partial charge < -0.3 is 5.32 Å². The van der Waals surface area contributed by atoms with Crippen LogP contribution in [0.5, 0.6) is 0 Å². The number of anilines is 1. The maximum atomic E-state index is 12.1. The summed E-state index contributed by atoms with van der Waals surface area (Å²) in [4.78, 5) is 25.8. The molecule has 3 rings (SSSR count). The van der Waals surface area contributed by atoms with Gasteiger partial charge in [-0.2, -0.15) is 9.61 Å². The van der Waals surface area contributed by atoms with E-state index in [-0.39, 0.29) is 23.0 Å². The molecule has 0 aliphatic rings. The van der Waals surface area contributed by atoms with E-state index in [4.69, 9.17) is 0 Å². The van der Waals surface area contributed by atoms with Gasteiger partial charge in [0.05, 0.1) is 5.75 Å². The second-order valence-electron chi connectivity index (χ2n) is 4.94. The molecule has 0 fully saturated rings. The van der Waals surface area contributed by atoms with Gasteiger partial charge in [-0.1, -0.05) is 23.9 Å². The van der Waals surface area contributed by atoms with Gasteiger partial charge in [-0.25, -0.2) is 0 Å². The third-order valence-electron chi connectivity index (χ3n) is 3.35. The van der Waals surface area contributed by atoms with E-state index in [2.05, 4.69) is 25.6 Å². The average molecular weight is 330 g/mol. The van der Waals surface area contributed by atoms with Crippen LogP contribution in [0, 0.1) is 13.8 Å². The van der Waals surface area contributed by atoms with Crippen LogP contribution in [0.2, 0.25) is 0 Å². The van der Waals surface area contributed by atoms with E-state index >= 15 is 0 Å². The Morgan fingerprint density at radius 2 is 2.17 bits per heavy atom. The minimum absolute atomic E-state index is 0.148. The minimum Gasteiger partial charge on any atom is -0.325 e. The number of fused-ring (bicyclic) bond motifs is 1. The molecule has 0 unspecified atom stereocenters. The van der Waals surface area contributed by atoms with Crippen molar-refractivity contribution in [1.82, 2.24) is 24.8 Å². The van der Waals surface area contributed by atoms with Gasteiger partial charge in [-0.3, -0.25) is 14.6 Å². The van der Waals surface area contributed by atoms with E-state index in [1.807, 2.05) is 32.0 Å². The molecule has 118 valence electrons. The van der Waals surface area contributed by atoms with E-state index in [1.54, 1.807) is 0 Å². The van der Waals surface area contributed by atoms with E-state index in [0.29, 0.717) is 5.16 Å². The second-order valence-corrected chi connectivity index (χ2v) is 5.88. The summed E-state index contributed by atoms with van der Waals surface area (Å²) in [5, 5.41) is 15.0. The molecule has 3 aromatic rings. The molecule has 0 radical (unpaired) electrons. The number of hydrogen-bond donors (Lipinski definition) is 2. The molecule has 0 aliphatic carbocycles. The molecule has 0 bridgehead atoms. The van der Waals surface area contributed by atoms with Crippen LogP contribution in [-0.2, 0) is 4.79 Å². The second kappa shape index (κ2) is 6.21. The van der Waals surface area contributed by atoms with Crippen molar-refractivity contribution in [2.75, 3.05) is 11.1 Å². The van der Waals surface area contributed by atoms with Crippen LogP contribution in [-0.4, -0.2) is 36.5 Å². The number of aromatic nitrogens is 5. The number of nitrogens with one attached hydrogen (secondary N) is 2. The molecule has 1 aromatic carbocycles. The van der Waals surface area contributed by atoms with Gasteiger partial charge in [0.15, 0.2) is 0 Å². The van der Waals surface area contributed by atoms with Gasteiger partial charge in [0.25, 0.3) is 11.3 Å². The van der Waals surface area contributed by atoms with Crippen molar-refractivity contribution in [3.63, 3.8) is 0 Å². The third kappa shape index (κ3) is 3.24. The topological polar surface area (TPSA) is 105 Å². The highest BCUT2D eigenvalue weighted by molar-refractivity contribution is 7.99. The van der Waals surface area contributed by atoms with Crippen molar-refractivity contribution in [1.29, 1.82) is 0 Å². The molecule has 8 nitrogen and oxygen atoms in total.